The van der Waals surface area contributed by atoms with Crippen LogP contribution in [0.5, 0.6) is 5.75 Å². The van der Waals surface area contributed by atoms with Gasteiger partial charge in [-0.15, -0.1) is 0 Å². The quantitative estimate of drug-likeness (QED) is 0.718. The molecule has 2 aromatic carbocycles. The van der Waals surface area contributed by atoms with Gasteiger partial charge in [-0.25, -0.2) is 8.42 Å². The van der Waals surface area contributed by atoms with Gasteiger partial charge in [-0.1, -0.05) is 6.07 Å². The van der Waals surface area contributed by atoms with Crippen molar-refractivity contribution in [1.29, 1.82) is 0 Å². The summed E-state index contributed by atoms with van der Waals surface area (Å²) in [5.41, 5.74) is 6.61. The van der Waals surface area contributed by atoms with Crippen molar-refractivity contribution < 1.29 is 13.2 Å². The third-order valence-electron chi connectivity index (χ3n) is 2.68. The number of hydrogen-bond donors (Lipinski definition) is 2. The Balaban J connectivity index is 2.38. The normalized spacial score (nSPS) is 11.2. The Labute approximate surface area is 139 Å². The van der Waals surface area contributed by atoms with Crippen molar-refractivity contribution in [3.05, 3.63) is 45.3 Å². The molecule has 0 aliphatic rings. The lowest BCUT2D eigenvalue weighted by atomic mass is 10.3. The van der Waals surface area contributed by atoms with E-state index in [4.69, 9.17) is 10.5 Å². The molecule has 0 aliphatic carbocycles. The summed E-state index contributed by atoms with van der Waals surface area (Å²) in [4.78, 5) is 0.0956. The van der Waals surface area contributed by atoms with E-state index in [0.29, 0.717) is 26.1 Å². The first-order valence-corrected chi connectivity index (χ1v) is 8.82. The molecule has 2 rings (SSSR count). The molecule has 0 aromatic heterocycles. The zero-order valence-electron chi connectivity index (χ0n) is 10.9. The van der Waals surface area contributed by atoms with Crippen LogP contribution in [0.2, 0.25) is 0 Å². The molecule has 0 saturated carbocycles. The minimum Gasteiger partial charge on any atom is -0.497 e. The zero-order valence-corrected chi connectivity index (χ0v) is 14.9. The molecule has 0 unspecified atom stereocenters. The molecule has 0 aliphatic heterocycles. The van der Waals surface area contributed by atoms with Crippen molar-refractivity contribution in [3.63, 3.8) is 0 Å². The fourth-order valence-electron chi connectivity index (χ4n) is 1.62. The van der Waals surface area contributed by atoms with Crippen LogP contribution < -0.4 is 15.2 Å². The summed E-state index contributed by atoms with van der Waals surface area (Å²) in [5.74, 6) is 0.565. The Kier molecular flexibility index (Phi) is 4.80. The molecule has 0 spiro atoms. The second-order valence-electron chi connectivity index (χ2n) is 4.14. The first-order valence-electron chi connectivity index (χ1n) is 5.75. The molecule has 0 bridgehead atoms. The van der Waals surface area contributed by atoms with E-state index in [0.717, 1.165) is 0 Å². The first kappa shape index (κ1) is 16.1. The maximum Gasteiger partial charge on any atom is 0.261 e. The molecular weight excluding hydrogens is 424 g/mol. The molecule has 0 amide bonds. The number of nitrogens with two attached hydrogens (primary N) is 1. The molecule has 5 nitrogen and oxygen atoms in total. The predicted octanol–water partition coefficient (Wildman–Crippen LogP) is 3.60. The van der Waals surface area contributed by atoms with Crippen LogP contribution in [-0.4, -0.2) is 15.5 Å². The minimum absolute atomic E-state index is 0.0956. The lowest BCUT2D eigenvalue weighted by molar-refractivity contribution is 0.415. The number of ether oxygens (including phenoxy) is 1. The number of rotatable bonds is 4. The van der Waals surface area contributed by atoms with Gasteiger partial charge < -0.3 is 10.5 Å². The molecule has 0 heterocycles. The van der Waals surface area contributed by atoms with Crippen LogP contribution in [-0.2, 0) is 10.0 Å². The summed E-state index contributed by atoms with van der Waals surface area (Å²) in [6, 6.07) is 9.56. The van der Waals surface area contributed by atoms with E-state index in [2.05, 4.69) is 36.6 Å². The second kappa shape index (κ2) is 6.25. The fourth-order valence-corrected chi connectivity index (χ4v) is 4.21. The smallest absolute Gasteiger partial charge is 0.261 e. The van der Waals surface area contributed by atoms with E-state index >= 15 is 0 Å². The van der Waals surface area contributed by atoms with Crippen molar-refractivity contribution >= 4 is 53.3 Å². The Bertz CT molecular complexity index is 756. The number of anilines is 2. The summed E-state index contributed by atoms with van der Waals surface area (Å²) >= 11 is 6.46. The predicted molar refractivity (Wildman–Crippen MR) is 90.1 cm³/mol. The summed E-state index contributed by atoms with van der Waals surface area (Å²) in [6.45, 7) is 0. The van der Waals surface area contributed by atoms with Crippen molar-refractivity contribution in [2.45, 2.75) is 4.90 Å². The number of methoxy groups -OCH3 is 1. The fraction of sp³-hybridized carbons (Fsp3) is 0.0769. The maximum absolute atomic E-state index is 12.4. The van der Waals surface area contributed by atoms with Crippen molar-refractivity contribution in [2.75, 3.05) is 17.6 Å². The lowest BCUT2D eigenvalue weighted by Crippen LogP contribution is -2.13. The van der Waals surface area contributed by atoms with Gasteiger partial charge in [0.15, 0.2) is 0 Å². The number of halogens is 2. The summed E-state index contributed by atoms with van der Waals surface area (Å²) in [5, 5.41) is 0. The zero-order chi connectivity index (χ0) is 15.6. The van der Waals surface area contributed by atoms with Gasteiger partial charge in [-0.3, -0.25) is 4.72 Å². The van der Waals surface area contributed by atoms with Gasteiger partial charge in [0.1, 0.15) is 5.75 Å². The Morgan fingerprint density at radius 2 is 1.76 bits per heavy atom. The number of nitrogens with one attached hydrogen (secondary N) is 1. The van der Waals surface area contributed by atoms with E-state index in [1.807, 2.05) is 0 Å². The average Bonchev–Trinajstić information content (AvgIpc) is 2.44. The molecule has 3 N–H and O–H groups in total. The molecular formula is C13H12Br2N2O3S. The highest BCUT2D eigenvalue weighted by molar-refractivity contribution is 9.11. The molecule has 0 fully saturated rings. The van der Waals surface area contributed by atoms with Gasteiger partial charge in [-0.2, -0.15) is 0 Å². The number of nitrogen functional groups attached to an aromatic ring is 1. The summed E-state index contributed by atoms with van der Waals surface area (Å²) in [7, 11) is -2.21. The summed E-state index contributed by atoms with van der Waals surface area (Å²) in [6.07, 6.45) is 0. The van der Waals surface area contributed by atoms with Gasteiger partial charge in [0.2, 0.25) is 0 Å². The van der Waals surface area contributed by atoms with E-state index in [1.54, 1.807) is 24.3 Å². The van der Waals surface area contributed by atoms with Gasteiger partial charge in [0.05, 0.1) is 23.4 Å². The van der Waals surface area contributed by atoms with E-state index in [-0.39, 0.29) is 4.90 Å². The topological polar surface area (TPSA) is 81.4 Å². The van der Waals surface area contributed by atoms with Crippen LogP contribution in [0.15, 0.2) is 50.2 Å². The Morgan fingerprint density at radius 3 is 2.33 bits per heavy atom. The number of sulfonamides is 1. The third-order valence-corrected chi connectivity index (χ3v) is 5.36. The Hall–Kier alpha value is -1.25. The highest BCUT2D eigenvalue weighted by Gasteiger charge is 2.17. The number of hydrogen-bond acceptors (Lipinski definition) is 4. The SMILES string of the molecule is COc1cccc(NS(=O)(=O)c2cc(Br)c(N)c(Br)c2)c1. The van der Waals surface area contributed by atoms with Gasteiger partial charge in [0, 0.05) is 15.0 Å². The van der Waals surface area contributed by atoms with Crippen LogP contribution in [0.1, 0.15) is 0 Å². The Morgan fingerprint density at radius 1 is 1.14 bits per heavy atom. The molecule has 0 atom stereocenters. The molecule has 2 aromatic rings. The van der Waals surface area contributed by atoms with Crippen molar-refractivity contribution in [3.8, 4) is 5.75 Å². The molecule has 8 heteroatoms. The monoisotopic (exact) mass is 434 g/mol. The maximum atomic E-state index is 12.4. The van der Waals surface area contributed by atoms with Crippen LogP contribution in [0.25, 0.3) is 0 Å². The van der Waals surface area contributed by atoms with E-state index < -0.39 is 10.0 Å². The average molecular weight is 436 g/mol. The first-order chi connectivity index (χ1) is 9.83. The van der Waals surface area contributed by atoms with Crippen LogP contribution in [0.4, 0.5) is 11.4 Å². The third kappa shape index (κ3) is 3.69. The van der Waals surface area contributed by atoms with Crippen molar-refractivity contribution in [2.24, 2.45) is 0 Å². The van der Waals surface area contributed by atoms with E-state index in [1.165, 1.54) is 19.2 Å². The van der Waals surface area contributed by atoms with Crippen LogP contribution in [0.3, 0.4) is 0 Å². The van der Waals surface area contributed by atoms with Gasteiger partial charge in [-0.05, 0) is 56.1 Å². The van der Waals surface area contributed by atoms with Crippen LogP contribution >= 0.6 is 31.9 Å². The lowest BCUT2D eigenvalue weighted by Gasteiger charge is -2.11. The molecule has 112 valence electrons. The minimum atomic E-state index is -3.72. The standard InChI is InChI=1S/C13H12Br2N2O3S/c1-20-9-4-2-3-8(5-9)17-21(18,19)10-6-11(14)13(16)12(15)7-10/h2-7,17H,16H2,1H3. The summed E-state index contributed by atoms with van der Waals surface area (Å²) < 4.78 is 33.3. The molecule has 21 heavy (non-hydrogen) atoms. The van der Waals surface area contributed by atoms with E-state index in [9.17, 15) is 8.42 Å². The van der Waals surface area contributed by atoms with Crippen LogP contribution in [0, 0.1) is 0 Å². The van der Waals surface area contributed by atoms with Crippen molar-refractivity contribution in [1.82, 2.24) is 0 Å². The largest absolute Gasteiger partial charge is 0.497 e. The van der Waals surface area contributed by atoms with Gasteiger partial charge >= 0.3 is 0 Å². The molecule has 0 radical (unpaired) electrons. The number of benzene rings is 2. The highest BCUT2D eigenvalue weighted by atomic mass is 79.9. The molecule has 0 saturated heterocycles. The van der Waals surface area contributed by atoms with Gasteiger partial charge in [0.25, 0.3) is 10.0 Å². The highest BCUT2D eigenvalue weighted by Crippen LogP contribution is 2.32. The second-order valence-corrected chi connectivity index (χ2v) is 7.53.